The monoisotopic (exact) mass is 230 g/mol. The maximum atomic E-state index is 9.43. The summed E-state index contributed by atoms with van der Waals surface area (Å²) in [5.41, 5.74) is 1.63. The van der Waals surface area contributed by atoms with Crippen molar-refractivity contribution in [3.63, 3.8) is 0 Å². The highest BCUT2D eigenvalue weighted by atomic mass is 79.9. The minimum absolute atomic E-state index is 0.265. The Bertz CT molecular complexity index is 276. The first-order chi connectivity index (χ1) is 5.66. The number of phenolic OH excluding ortho intramolecular Hbond substituents is 1. The fourth-order valence-electron chi connectivity index (χ4n) is 1.03. The minimum Gasteiger partial charge on any atom is -0.508 e. The van der Waals surface area contributed by atoms with E-state index in [2.05, 4.69) is 15.9 Å². The molecule has 66 valence electrons. The molecule has 1 rings (SSSR count). The first-order valence-electron chi connectivity index (χ1n) is 3.52. The molecule has 0 heterocycles. The van der Waals surface area contributed by atoms with E-state index in [0.717, 1.165) is 11.3 Å². The van der Waals surface area contributed by atoms with E-state index in [-0.39, 0.29) is 5.75 Å². The fourth-order valence-corrected chi connectivity index (χ4v) is 1.60. The molecule has 12 heavy (non-hydrogen) atoms. The highest BCUT2D eigenvalue weighted by Gasteiger charge is 2.07. The van der Waals surface area contributed by atoms with Gasteiger partial charge in [-0.15, -0.1) is 0 Å². The van der Waals surface area contributed by atoms with Crippen molar-refractivity contribution >= 4 is 21.6 Å². The van der Waals surface area contributed by atoms with Crippen molar-refractivity contribution in [1.82, 2.24) is 0 Å². The Morgan fingerprint density at radius 3 is 2.67 bits per heavy atom. The van der Waals surface area contributed by atoms with Crippen LogP contribution in [0, 0.1) is 0 Å². The van der Waals surface area contributed by atoms with Crippen molar-refractivity contribution in [2.45, 2.75) is 5.33 Å². The molecule has 0 saturated heterocycles. The van der Waals surface area contributed by atoms with E-state index in [1.807, 2.05) is 6.07 Å². The average Bonchev–Trinajstić information content (AvgIpc) is 2.03. The van der Waals surface area contributed by atoms with Gasteiger partial charge in [0.15, 0.2) is 0 Å². The normalized spacial score (nSPS) is 9.92. The van der Waals surface area contributed by atoms with Crippen LogP contribution in [-0.4, -0.2) is 12.2 Å². The molecule has 1 aromatic carbocycles. The van der Waals surface area contributed by atoms with Crippen LogP contribution in [-0.2, 0) is 5.33 Å². The molecule has 0 aliphatic heterocycles. The van der Waals surface area contributed by atoms with E-state index in [0.29, 0.717) is 5.33 Å². The molecule has 0 aromatic heterocycles. The summed E-state index contributed by atoms with van der Waals surface area (Å²) in [5, 5.41) is 11.5. The van der Waals surface area contributed by atoms with Gasteiger partial charge in [0.05, 0.1) is 5.69 Å². The molecule has 0 aliphatic carbocycles. The second-order valence-corrected chi connectivity index (χ2v) is 3.08. The van der Waals surface area contributed by atoms with E-state index < -0.39 is 0 Å². The van der Waals surface area contributed by atoms with Crippen molar-refractivity contribution in [3.05, 3.63) is 23.8 Å². The second-order valence-electron chi connectivity index (χ2n) is 2.52. The number of aromatic hydroxyl groups is 1. The lowest BCUT2D eigenvalue weighted by Crippen LogP contribution is -2.25. The van der Waals surface area contributed by atoms with Gasteiger partial charge in [-0.25, -0.2) is 5.84 Å². The van der Waals surface area contributed by atoms with Crippen molar-refractivity contribution in [2.24, 2.45) is 5.84 Å². The van der Waals surface area contributed by atoms with Crippen molar-refractivity contribution in [2.75, 3.05) is 12.1 Å². The van der Waals surface area contributed by atoms with Gasteiger partial charge in [-0.05, 0) is 12.1 Å². The molecule has 0 fully saturated rings. The first-order valence-corrected chi connectivity index (χ1v) is 4.64. The summed E-state index contributed by atoms with van der Waals surface area (Å²) in [5.74, 6) is 5.83. The maximum Gasteiger partial charge on any atom is 0.121 e. The van der Waals surface area contributed by atoms with Crippen LogP contribution in [0.25, 0.3) is 0 Å². The minimum atomic E-state index is 0.265. The molecule has 0 aliphatic rings. The topological polar surface area (TPSA) is 49.5 Å². The lowest BCUT2D eigenvalue weighted by atomic mass is 10.2. The summed E-state index contributed by atoms with van der Waals surface area (Å²) in [6, 6.07) is 5.26. The van der Waals surface area contributed by atoms with Crippen molar-refractivity contribution in [1.29, 1.82) is 0 Å². The van der Waals surface area contributed by atoms with E-state index >= 15 is 0 Å². The van der Waals surface area contributed by atoms with Gasteiger partial charge in [-0.3, -0.25) is 0 Å². The zero-order chi connectivity index (χ0) is 9.14. The maximum absolute atomic E-state index is 9.43. The highest BCUT2D eigenvalue weighted by molar-refractivity contribution is 9.08. The molecule has 0 bridgehead atoms. The number of rotatable bonds is 2. The van der Waals surface area contributed by atoms with Gasteiger partial charge in [-0.1, -0.05) is 22.0 Å². The zero-order valence-corrected chi connectivity index (χ0v) is 8.37. The SMILES string of the molecule is CN(N)c1cccc(O)c1CBr. The van der Waals surface area contributed by atoms with Gasteiger partial charge < -0.3 is 10.1 Å². The predicted molar refractivity (Wildman–Crippen MR) is 53.3 cm³/mol. The van der Waals surface area contributed by atoms with Crippen LogP contribution in [0.5, 0.6) is 5.75 Å². The highest BCUT2D eigenvalue weighted by Crippen LogP contribution is 2.28. The number of nitrogens with two attached hydrogens (primary N) is 1. The van der Waals surface area contributed by atoms with Gasteiger partial charge in [0.25, 0.3) is 0 Å². The number of hydrazine groups is 1. The molecular formula is C8H11BrN2O. The Labute approximate surface area is 79.9 Å². The van der Waals surface area contributed by atoms with Crippen LogP contribution < -0.4 is 10.9 Å². The lowest BCUT2D eigenvalue weighted by molar-refractivity contribution is 0.471. The summed E-state index contributed by atoms with van der Waals surface area (Å²) < 4.78 is 0. The summed E-state index contributed by atoms with van der Waals surface area (Å²) in [6.45, 7) is 0. The molecular weight excluding hydrogens is 220 g/mol. The Morgan fingerprint density at radius 2 is 2.25 bits per heavy atom. The molecule has 0 spiro atoms. The molecule has 0 amide bonds. The third-order valence-corrected chi connectivity index (χ3v) is 2.20. The van der Waals surface area contributed by atoms with E-state index in [9.17, 15) is 5.11 Å². The van der Waals surface area contributed by atoms with Crippen molar-refractivity contribution < 1.29 is 5.11 Å². The number of nitrogens with zero attached hydrogens (tertiary/aromatic N) is 1. The summed E-state index contributed by atoms with van der Waals surface area (Å²) >= 11 is 3.29. The molecule has 4 heteroatoms. The fraction of sp³-hybridized carbons (Fsp3) is 0.250. The quantitative estimate of drug-likeness (QED) is 0.461. The van der Waals surface area contributed by atoms with Crippen LogP contribution >= 0.6 is 15.9 Å². The molecule has 0 radical (unpaired) electrons. The molecule has 3 nitrogen and oxygen atoms in total. The summed E-state index contributed by atoms with van der Waals surface area (Å²) in [7, 11) is 1.74. The molecule has 0 atom stereocenters. The van der Waals surface area contributed by atoms with Crippen LogP contribution in [0.3, 0.4) is 0 Å². The van der Waals surface area contributed by atoms with Crippen LogP contribution in [0.2, 0.25) is 0 Å². The largest absolute Gasteiger partial charge is 0.508 e. The third kappa shape index (κ3) is 1.70. The Hall–Kier alpha value is -0.740. The van der Waals surface area contributed by atoms with Gasteiger partial charge in [-0.2, -0.15) is 0 Å². The Morgan fingerprint density at radius 1 is 1.58 bits per heavy atom. The van der Waals surface area contributed by atoms with Crippen LogP contribution in [0.1, 0.15) is 5.56 Å². The van der Waals surface area contributed by atoms with Gasteiger partial charge in [0, 0.05) is 17.9 Å². The smallest absolute Gasteiger partial charge is 0.121 e. The van der Waals surface area contributed by atoms with Gasteiger partial charge in [0.1, 0.15) is 5.75 Å². The Kier molecular flexibility index (Phi) is 2.94. The number of alkyl halides is 1. The second kappa shape index (κ2) is 3.78. The standard InChI is InChI=1S/C8H11BrN2O/c1-11(10)7-3-2-4-8(12)6(7)5-9/h2-4,12H,5,10H2,1H3. The number of anilines is 1. The lowest BCUT2D eigenvalue weighted by Gasteiger charge is -2.16. The van der Waals surface area contributed by atoms with E-state index in [4.69, 9.17) is 5.84 Å². The molecule has 0 unspecified atom stereocenters. The Balaban J connectivity index is 3.18. The van der Waals surface area contributed by atoms with Crippen molar-refractivity contribution in [3.8, 4) is 5.75 Å². The zero-order valence-electron chi connectivity index (χ0n) is 6.79. The molecule has 1 aromatic rings. The first kappa shape index (κ1) is 9.35. The average molecular weight is 231 g/mol. The number of benzene rings is 1. The van der Waals surface area contributed by atoms with E-state index in [1.54, 1.807) is 19.2 Å². The number of phenols is 1. The molecule has 3 N–H and O–H groups in total. The van der Waals surface area contributed by atoms with Crippen LogP contribution in [0.4, 0.5) is 5.69 Å². The number of hydrogen-bond donors (Lipinski definition) is 2. The molecule has 0 saturated carbocycles. The summed E-state index contributed by atoms with van der Waals surface area (Å²) in [4.78, 5) is 0. The van der Waals surface area contributed by atoms with Crippen LogP contribution in [0.15, 0.2) is 18.2 Å². The predicted octanol–water partition coefficient (Wildman–Crippen LogP) is 1.60. The van der Waals surface area contributed by atoms with Gasteiger partial charge in [0.2, 0.25) is 0 Å². The summed E-state index contributed by atoms with van der Waals surface area (Å²) in [6.07, 6.45) is 0. The van der Waals surface area contributed by atoms with Gasteiger partial charge >= 0.3 is 0 Å². The third-order valence-electron chi connectivity index (χ3n) is 1.64. The number of hydrogen-bond acceptors (Lipinski definition) is 3. The number of halogens is 1. The van der Waals surface area contributed by atoms with E-state index in [1.165, 1.54) is 5.01 Å².